The topological polar surface area (TPSA) is 12.0 Å². The summed E-state index contributed by atoms with van der Waals surface area (Å²) in [5.41, 5.74) is 1.96. The van der Waals surface area contributed by atoms with Crippen molar-refractivity contribution < 1.29 is 4.39 Å². The molecule has 1 nitrogen and oxygen atoms in total. The van der Waals surface area contributed by atoms with E-state index in [0.717, 1.165) is 30.4 Å². The van der Waals surface area contributed by atoms with Gasteiger partial charge in [-0.1, -0.05) is 33.6 Å². The van der Waals surface area contributed by atoms with Crippen LogP contribution >= 0.6 is 15.9 Å². The first kappa shape index (κ1) is 10.8. The number of hydrogen-bond donors (Lipinski definition) is 1. The Kier molecular flexibility index (Phi) is 3.54. The molecule has 1 aromatic rings. The lowest BCUT2D eigenvalue weighted by Gasteiger charge is -2.15. The van der Waals surface area contributed by atoms with Crippen molar-refractivity contribution in [1.82, 2.24) is 5.32 Å². The molecule has 1 aliphatic heterocycles. The normalized spacial score (nSPS) is 19.5. The molecule has 0 amide bonds. The van der Waals surface area contributed by atoms with Crippen LogP contribution in [0.25, 0.3) is 6.08 Å². The van der Waals surface area contributed by atoms with Crippen molar-refractivity contribution in [2.75, 3.05) is 13.1 Å². The molecular weight excluding hydrogens is 257 g/mol. The summed E-state index contributed by atoms with van der Waals surface area (Å²) in [5.74, 6) is -0.164. The van der Waals surface area contributed by atoms with Gasteiger partial charge >= 0.3 is 0 Å². The van der Waals surface area contributed by atoms with Crippen molar-refractivity contribution in [3.63, 3.8) is 0 Å². The molecule has 1 N–H and O–H groups in total. The molecule has 1 aromatic carbocycles. The number of nitrogens with one attached hydrogen (secondary N) is 1. The Morgan fingerprint density at radius 2 is 2.27 bits per heavy atom. The van der Waals surface area contributed by atoms with E-state index in [1.165, 1.54) is 11.6 Å². The van der Waals surface area contributed by atoms with Crippen LogP contribution in [0.3, 0.4) is 0 Å². The fraction of sp³-hybridized carbons (Fsp3) is 0.333. The van der Waals surface area contributed by atoms with Crippen molar-refractivity contribution in [2.45, 2.75) is 12.8 Å². The summed E-state index contributed by atoms with van der Waals surface area (Å²) >= 11 is 3.25. The molecule has 1 heterocycles. The highest BCUT2D eigenvalue weighted by Crippen LogP contribution is 2.19. The molecule has 2 rings (SSSR count). The first-order valence-electron chi connectivity index (χ1n) is 5.11. The van der Waals surface area contributed by atoms with Crippen molar-refractivity contribution in [1.29, 1.82) is 0 Å². The molecule has 80 valence electrons. The molecule has 3 heteroatoms. The predicted molar refractivity (Wildman–Crippen MR) is 64.2 cm³/mol. The van der Waals surface area contributed by atoms with Crippen molar-refractivity contribution >= 4 is 22.0 Å². The molecule has 0 saturated carbocycles. The average Bonchev–Trinajstić information content (AvgIpc) is 2.24. The predicted octanol–water partition coefficient (Wildman–Crippen LogP) is 3.36. The van der Waals surface area contributed by atoms with E-state index in [1.54, 1.807) is 6.07 Å². The van der Waals surface area contributed by atoms with Crippen LogP contribution in [0.2, 0.25) is 0 Å². The van der Waals surface area contributed by atoms with E-state index in [2.05, 4.69) is 21.2 Å². The number of hydrogen-bond acceptors (Lipinski definition) is 1. The zero-order chi connectivity index (χ0) is 10.7. The van der Waals surface area contributed by atoms with E-state index < -0.39 is 0 Å². The third-order valence-electron chi connectivity index (χ3n) is 2.53. The van der Waals surface area contributed by atoms with Crippen LogP contribution in [-0.4, -0.2) is 13.1 Å². The highest BCUT2D eigenvalue weighted by molar-refractivity contribution is 9.10. The lowest BCUT2D eigenvalue weighted by Crippen LogP contribution is -2.23. The standard InChI is InChI=1S/C12H13BrFN/c13-11-4-3-10(12(14)7-11)6-9-2-1-5-15-8-9/h3-4,6-7,15H,1-2,5,8H2. The lowest BCUT2D eigenvalue weighted by atomic mass is 10.0. The number of halogens is 2. The van der Waals surface area contributed by atoms with E-state index in [0.29, 0.717) is 5.56 Å². The van der Waals surface area contributed by atoms with Gasteiger partial charge in [-0.05, 0) is 31.5 Å². The van der Waals surface area contributed by atoms with Crippen molar-refractivity contribution in [3.05, 3.63) is 39.6 Å². The van der Waals surface area contributed by atoms with Crippen LogP contribution in [0.4, 0.5) is 4.39 Å². The Hall–Kier alpha value is -0.670. The van der Waals surface area contributed by atoms with Gasteiger partial charge in [-0.2, -0.15) is 0 Å². The van der Waals surface area contributed by atoms with Crippen LogP contribution in [-0.2, 0) is 0 Å². The van der Waals surface area contributed by atoms with E-state index in [4.69, 9.17) is 0 Å². The molecule has 0 spiro atoms. The summed E-state index contributed by atoms with van der Waals surface area (Å²) in [4.78, 5) is 0. The average molecular weight is 270 g/mol. The fourth-order valence-corrected chi connectivity index (χ4v) is 2.07. The summed E-state index contributed by atoms with van der Waals surface area (Å²) in [6.45, 7) is 1.95. The molecule has 0 bridgehead atoms. The third-order valence-corrected chi connectivity index (χ3v) is 3.02. The third kappa shape index (κ3) is 2.89. The van der Waals surface area contributed by atoms with Gasteiger partial charge in [0.2, 0.25) is 0 Å². The second kappa shape index (κ2) is 4.90. The summed E-state index contributed by atoms with van der Waals surface area (Å²) < 4.78 is 14.3. The molecular formula is C12H13BrFN. The van der Waals surface area contributed by atoms with Crippen LogP contribution in [0.1, 0.15) is 18.4 Å². The molecule has 1 aliphatic rings. The minimum absolute atomic E-state index is 0.164. The number of piperidine rings is 1. The zero-order valence-corrected chi connectivity index (χ0v) is 9.98. The summed E-state index contributed by atoms with van der Waals surface area (Å²) in [5, 5.41) is 3.29. The number of benzene rings is 1. The van der Waals surface area contributed by atoms with Gasteiger partial charge < -0.3 is 5.32 Å². The van der Waals surface area contributed by atoms with Crippen molar-refractivity contribution in [2.24, 2.45) is 0 Å². The van der Waals surface area contributed by atoms with Crippen LogP contribution in [0.5, 0.6) is 0 Å². The molecule has 0 aromatic heterocycles. The van der Waals surface area contributed by atoms with E-state index in [9.17, 15) is 4.39 Å². The molecule has 0 unspecified atom stereocenters. The monoisotopic (exact) mass is 269 g/mol. The highest BCUT2D eigenvalue weighted by atomic mass is 79.9. The Bertz CT molecular complexity index is 379. The van der Waals surface area contributed by atoms with Crippen LogP contribution in [0.15, 0.2) is 28.2 Å². The first-order valence-corrected chi connectivity index (χ1v) is 5.90. The Morgan fingerprint density at radius 1 is 1.40 bits per heavy atom. The first-order chi connectivity index (χ1) is 7.25. The molecule has 1 fully saturated rings. The van der Waals surface area contributed by atoms with E-state index in [1.807, 2.05) is 12.1 Å². The van der Waals surface area contributed by atoms with Gasteiger partial charge in [0.05, 0.1) is 0 Å². The summed E-state index contributed by atoms with van der Waals surface area (Å²) in [7, 11) is 0. The second-order valence-corrected chi connectivity index (χ2v) is 4.66. The fourth-order valence-electron chi connectivity index (χ4n) is 1.74. The smallest absolute Gasteiger partial charge is 0.131 e. The van der Waals surface area contributed by atoms with Gasteiger partial charge in [0.25, 0.3) is 0 Å². The molecule has 0 atom stereocenters. The zero-order valence-electron chi connectivity index (χ0n) is 8.39. The summed E-state index contributed by atoms with van der Waals surface area (Å²) in [6, 6.07) is 5.18. The van der Waals surface area contributed by atoms with Crippen molar-refractivity contribution in [3.8, 4) is 0 Å². The lowest BCUT2D eigenvalue weighted by molar-refractivity contribution is 0.609. The maximum Gasteiger partial charge on any atom is 0.131 e. The largest absolute Gasteiger partial charge is 0.313 e. The molecule has 1 saturated heterocycles. The minimum atomic E-state index is -0.164. The maximum atomic E-state index is 13.5. The number of rotatable bonds is 1. The van der Waals surface area contributed by atoms with Gasteiger partial charge in [-0.3, -0.25) is 0 Å². The van der Waals surface area contributed by atoms with Gasteiger partial charge in [-0.15, -0.1) is 0 Å². The summed E-state index contributed by atoms with van der Waals surface area (Å²) in [6.07, 6.45) is 4.17. The highest BCUT2D eigenvalue weighted by Gasteiger charge is 2.06. The molecule has 0 aliphatic carbocycles. The second-order valence-electron chi connectivity index (χ2n) is 3.75. The van der Waals surface area contributed by atoms with Crippen LogP contribution < -0.4 is 5.32 Å². The SMILES string of the molecule is Fc1cc(Br)ccc1C=C1CCCNC1. The van der Waals surface area contributed by atoms with Gasteiger partial charge in [0.1, 0.15) is 5.82 Å². The van der Waals surface area contributed by atoms with Gasteiger partial charge in [-0.25, -0.2) is 4.39 Å². The van der Waals surface area contributed by atoms with Crippen LogP contribution in [0, 0.1) is 5.82 Å². The molecule has 15 heavy (non-hydrogen) atoms. The maximum absolute atomic E-state index is 13.5. The Morgan fingerprint density at radius 3 is 2.93 bits per heavy atom. The van der Waals surface area contributed by atoms with Gasteiger partial charge in [0.15, 0.2) is 0 Å². The Balaban J connectivity index is 2.22. The van der Waals surface area contributed by atoms with Gasteiger partial charge in [0, 0.05) is 16.6 Å². The quantitative estimate of drug-likeness (QED) is 0.825. The van der Waals surface area contributed by atoms with E-state index >= 15 is 0 Å². The minimum Gasteiger partial charge on any atom is -0.313 e. The van der Waals surface area contributed by atoms with E-state index in [-0.39, 0.29) is 5.82 Å². The molecule has 0 radical (unpaired) electrons. The Labute approximate surface area is 97.5 Å².